The second-order valence-corrected chi connectivity index (χ2v) is 9.26. The van der Waals surface area contributed by atoms with Crippen LogP contribution in [0.2, 0.25) is 5.02 Å². The zero-order valence-corrected chi connectivity index (χ0v) is 18.3. The fourth-order valence-corrected chi connectivity index (χ4v) is 5.71. The number of anilines is 1. The Labute approximate surface area is 182 Å². The third-order valence-corrected chi connectivity index (χ3v) is 7.17. The third kappa shape index (κ3) is 3.06. The van der Waals surface area contributed by atoms with Crippen molar-refractivity contribution >= 4 is 23.4 Å². The summed E-state index contributed by atoms with van der Waals surface area (Å²) in [6.45, 7) is 4.16. The van der Waals surface area contributed by atoms with Crippen LogP contribution in [0, 0.1) is 0 Å². The van der Waals surface area contributed by atoms with Crippen LogP contribution in [0.15, 0.2) is 36.4 Å². The molecule has 3 heterocycles. The van der Waals surface area contributed by atoms with Gasteiger partial charge in [-0.25, -0.2) is 4.79 Å². The van der Waals surface area contributed by atoms with Crippen molar-refractivity contribution in [2.45, 2.75) is 37.5 Å². The monoisotopic (exact) mass is 426 g/mol. The molecule has 6 nitrogen and oxygen atoms in total. The summed E-state index contributed by atoms with van der Waals surface area (Å²) >= 11 is 6.16. The molecule has 1 unspecified atom stereocenters. The van der Waals surface area contributed by atoms with E-state index in [4.69, 9.17) is 16.3 Å². The van der Waals surface area contributed by atoms with Gasteiger partial charge in [-0.15, -0.1) is 0 Å². The van der Waals surface area contributed by atoms with E-state index in [1.54, 1.807) is 0 Å². The van der Waals surface area contributed by atoms with Gasteiger partial charge in [0.05, 0.1) is 6.17 Å². The normalized spacial score (nSPS) is 27.4. The SMILES string of the molecule is CN1CC[C@@]2(C)c3cc(OC(=O)NC4NCCc5ccc(Cl)cc54)ccc3N(C)[C@@H]12. The van der Waals surface area contributed by atoms with Gasteiger partial charge in [-0.3, -0.25) is 10.2 Å². The van der Waals surface area contributed by atoms with E-state index in [0.717, 1.165) is 31.5 Å². The van der Waals surface area contributed by atoms with Crippen molar-refractivity contribution in [3.8, 4) is 5.75 Å². The Morgan fingerprint density at radius 3 is 2.93 bits per heavy atom. The lowest BCUT2D eigenvalue weighted by atomic mass is 9.81. The summed E-state index contributed by atoms with van der Waals surface area (Å²) in [6.07, 6.45) is 1.55. The topological polar surface area (TPSA) is 56.8 Å². The lowest BCUT2D eigenvalue weighted by Gasteiger charge is -2.32. The van der Waals surface area contributed by atoms with E-state index >= 15 is 0 Å². The fourth-order valence-electron chi connectivity index (χ4n) is 5.53. The van der Waals surface area contributed by atoms with E-state index < -0.39 is 6.09 Å². The van der Waals surface area contributed by atoms with Crippen LogP contribution in [0.25, 0.3) is 0 Å². The summed E-state index contributed by atoms with van der Waals surface area (Å²) in [7, 11) is 4.31. The van der Waals surface area contributed by atoms with Gasteiger partial charge < -0.3 is 15.0 Å². The van der Waals surface area contributed by atoms with Gasteiger partial charge in [0.1, 0.15) is 11.9 Å². The predicted octanol–water partition coefficient (Wildman–Crippen LogP) is 3.64. The number of likely N-dealkylation sites (tertiary alicyclic amines) is 1. The van der Waals surface area contributed by atoms with Crippen molar-refractivity contribution in [2.24, 2.45) is 0 Å². The maximum Gasteiger partial charge on any atom is 0.414 e. The molecule has 0 aromatic heterocycles. The van der Waals surface area contributed by atoms with Crippen LogP contribution >= 0.6 is 11.6 Å². The summed E-state index contributed by atoms with van der Waals surface area (Å²) in [4.78, 5) is 17.4. The van der Waals surface area contributed by atoms with Crippen molar-refractivity contribution in [3.05, 3.63) is 58.1 Å². The van der Waals surface area contributed by atoms with E-state index in [1.165, 1.54) is 16.8 Å². The molecule has 1 fully saturated rings. The molecule has 0 aliphatic carbocycles. The second kappa shape index (κ2) is 7.15. The van der Waals surface area contributed by atoms with Gasteiger partial charge >= 0.3 is 6.09 Å². The first kappa shape index (κ1) is 19.7. The quantitative estimate of drug-likeness (QED) is 0.767. The highest BCUT2D eigenvalue weighted by Crippen LogP contribution is 2.51. The fraction of sp³-hybridized carbons (Fsp3) is 0.435. The van der Waals surface area contributed by atoms with Crippen molar-refractivity contribution < 1.29 is 9.53 Å². The average molecular weight is 427 g/mol. The Morgan fingerprint density at radius 2 is 2.10 bits per heavy atom. The van der Waals surface area contributed by atoms with Crippen molar-refractivity contribution in [1.82, 2.24) is 15.5 Å². The number of nitrogens with one attached hydrogen (secondary N) is 2. The number of amides is 1. The Bertz CT molecular complexity index is 1010. The molecule has 0 bridgehead atoms. The molecule has 3 atom stereocenters. The highest BCUT2D eigenvalue weighted by atomic mass is 35.5. The first-order valence-corrected chi connectivity index (χ1v) is 10.8. The van der Waals surface area contributed by atoms with Crippen LogP contribution < -0.4 is 20.3 Å². The first-order chi connectivity index (χ1) is 14.4. The molecule has 2 N–H and O–H groups in total. The van der Waals surface area contributed by atoms with Crippen LogP contribution in [-0.4, -0.2) is 44.3 Å². The largest absolute Gasteiger partial charge is 0.414 e. The molecule has 7 heteroatoms. The van der Waals surface area contributed by atoms with E-state index in [-0.39, 0.29) is 11.6 Å². The number of nitrogens with zero attached hydrogens (tertiary/aromatic N) is 2. The standard InChI is InChI=1S/C23H27ClN4O2/c1-23-9-11-27(2)21(23)28(3)19-7-6-16(13-18(19)23)30-22(29)26-20-17-12-15(24)5-4-14(17)8-10-25-20/h4-7,12-13,20-21,25H,8-11H2,1-3H3,(H,26,29)/t20?,21-,23+/m1/s1. The van der Waals surface area contributed by atoms with Crippen LogP contribution in [0.4, 0.5) is 10.5 Å². The maximum absolute atomic E-state index is 12.7. The number of hydrogen-bond donors (Lipinski definition) is 2. The Balaban J connectivity index is 1.34. The molecule has 1 amide bonds. The number of hydrogen-bond acceptors (Lipinski definition) is 5. The minimum atomic E-state index is -0.475. The smallest absolute Gasteiger partial charge is 0.410 e. The summed E-state index contributed by atoms with van der Waals surface area (Å²) in [5.41, 5.74) is 4.67. The van der Waals surface area contributed by atoms with Crippen molar-refractivity contribution in [3.63, 3.8) is 0 Å². The van der Waals surface area contributed by atoms with Crippen molar-refractivity contribution in [2.75, 3.05) is 32.1 Å². The molecule has 3 aliphatic rings. The highest BCUT2D eigenvalue weighted by molar-refractivity contribution is 6.30. The van der Waals surface area contributed by atoms with E-state index in [2.05, 4.69) is 47.5 Å². The van der Waals surface area contributed by atoms with Gasteiger partial charge in [-0.05, 0) is 66.9 Å². The number of carbonyl (C=O) groups is 1. The summed E-state index contributed by atoms with van der Waals surface area (Å²) in [5, 5.41) is 6.92. The van der Waals surface area contributed by atoms with Gasteiger partial charge in [0.25, 0.3) is 0 Å². The molecular weight excluding hydrogens is 400 g/mol. The molecule has 0 spiro atoms. The Hall–Kier alpha value is -2.28. The number of likely N-dealkylation sites (N-methyl/N-ethyl adjacent to an activating group) is 2. The molecule has 158 valence electrons. The zero-order valence-electron chi connectivity index (χ0n) is 17.5. The molecule has 3 aliphatic heterocycles. The Morgan fingerprint density at radius 1 is 1.27 bits per heavy atom. The van der Waals surface area contributed by atoms with Gasteiger partial charge in [0, 0.05) is 36.3 Å². The molecular formula is C23H27ClN4O2. The lowest BCUT2D eigenvalue weighted by molar-refractivity contribution is 0.192. The molecule has 1 saturated heterocycles. The van der Waals surface area contributed by atoms with Crippen LogP contribution in [0.3, 0.4) is 0 Å². The third-order valence-electron chi connectivity index (χ3n) is 6.94. The molecule has 2 aromatic rings. The molecule has 0 radical (unpaired) electrons. The number of rotatable bonds is 2. The second-order valence-electron chi connectivity index (χ2n) is 8.83. The minimum Gasteiger partial charge on any atom is -0.410 e. The first-order valence-electron chi connectivity index (χ1n) is 10.4. The summed E-state index contributed by atoms with van der Waals surface area (Å²) < 4.78 is 5.69. The Kier molecular flexibility index (Phi) is 4.69. The molecule has 0 saturated carbocycles. The summed E-state index contributed by atoms with van der Waals surface area (Å²) in [6, 6.07) is 11.8. The van der Waals surface area contributed by atoms with Crippen molar-refractivity contribution in [1.29, 1.82) is 0 Å². The van der Waals surface area contributed by atoms with Crippen LogP contribution in [0.5, 0.6) is 5.75 Å². The summed E-state index contributed by atoms with van der Waals surface area (Å²) in [5.74, 6) is 0.568. The number of halogens is 1. The van der Waals surface area contributed by atoms with E-state index in [1.807, 2.05) is 30.3 Å². The lowest BCUT2D eigenvalue weighted by Crippen LogP contribution is -2.45. The molecule has 2 aromatic carbocycles. The van der Waals surface area contributed by atoms with Crippen LogP contribution in [0.1, 0.15) is 36.2 Å². The average Bonchev–Trinajstić information content (AvgIpc) is 3.14. The zero-order chi connectivity index (χ0) is 21.0. The van der Waals surface area contributed by atoms with Crippen LogP contribution in [-0.2, 0) is 11.8 Å². The number of carbonyl (C=O) groups excluding carboxylic acids is 1. The van der Waals surface area contributed by atoms with Gasteiger partial charge in [-0.2, -0.15) is 0 Å². The van der Waals surface area contributed by atoms with Gasteiger partial charge in [0.2, 0.25) is 0 Å². The van der Waals surface area contributed by atoms with Gasteiger partial charge in [-0.1, -0.05) is 24.6 Å². The minimum absolute atomic E-state index is 0.0370. The van der Waals surface area contributed by atoms with E-state index in [0.29, 0.717) is 16.9 Å². The molecule has 30 heavy (non-hydrogen) atoms. The van der Waals surface area contributed by atoms with Gasteiger partial charge in [0.15, 0.2) is 0 Å². The predicted molar refractivity (Wildman–Crippen MR) is 118 cm³/mol. The number of fused-ring (bicyclic) bond motifs is 4. The highest BCUT2D eigenvalue weighted by Gasteiger charge is 2.52. The number of benzene rings is 2. The maximum atomic E-state index is 12.7. The number of ether oxygens (including phenoxy) is 1. The molecule has 5 rings (SSSR count). The van der Waals surface area contributed by atoms with E-state index in [9.17, 15) is 4.79 Å².